The molecule has 0 radical (unpaired) electrons. The van der Waals surface area contributed by atoms with Gasteiger partial charge in [-0.2, -0.15) is 0 Å². The van der Waals surface area contributed by atoms with E-state index in [9.17, 15) is 14.7 Å². The molecule has 5 saturated carbocycles. The summed E-state index contributed by atoms with van der Waals surface area (Å²) in [5.41, 5.74) is 0.113. The van der Waals surface area contributed by atoms with Crippen LogP contribution in [0.3, 0.4) is 0 Å². The van der Waals surface area contributed by atoms with Crippen LogP contribution in [-0.2, 0) is 28.5 Å². The molecule has 2 spiro atoms. The van der Waals surface area contributed by atoms with Gasteiger partial charge in [0, 0.05) is 20.8 Å². The van der Waals surface area contributed by atoms with Crippen LogP contribution < -0.4 is 0 Å². The minimum Gasteiger partial charge on any atom is -0.457 e. The van der Waals surface area contributed by atoms with Gasteiger partial charge in [0.05, 0.1) is 31.5 Å². The van der Waals surface area contributed by atoms with Crippen LogP contribution in [0.1, 0.15) is 134 Å². The SMILES string of the molecule is C=CC.CCC(C)(O)[C@@H](OC(C)=O)C1CCC2C(CC3C4CCC5C(C)(C)[C@@H](OC6CN(C(=O)C(C)C)CCO6)CCC56CC46CCC23C)O1.[HH]. The van der Waals surface area contributed by atoms with Crippen LogP contribution in [0.4, 0.5) is 0 Å². The van der Waals surface area contributed by atoms with Gasteiger partial charge in [-0.25, -0.2) is 0 Å². The van der Waals surface area contributed by atoms with Crippen LogP contribution in [0.15, 0.2) is 12.7 Å². The van der Waals surface area contributed by atoms with Gasteiger partial charge in [-0.3, -0.25) is 9.59 Å². The van der Waals surface area contributed by atoms with E-state index in [-0.39, 0.29) is 49.2 Å². The number of nitrogens with zero attached hydrogens (tertiary/aromatic N) is 1. The summed E-state index contributed by atoms with van der Waals surface area (Å²) in [5, 5.41) is 11.2. The van der Waals surface area contributed by atoms with E-state index >= 15 is 0 Å². The number of allylic oxidation sites excluding steroid dienone is 1. The van der Waals surface area contributed by atoms with Gasteiger partial charge in [-0.15, -0.1) is 6.58 Å². The summed E-state index contributed by atoms with van der Waals surface area (Å²) in [7, 11) is 0. The smallest absolute Gasteiger partial charge is 0.303 e. The molecule has 1 amide bonds. The molecule has 7 aliphatic rings. The summed E-state index contributed by atoms with van der Waals surface area (Å²) in [5.74, 6) is 2.44. The summed E-state index contributed by atoms with van der Waals surface area (Å²) >= 11 is 0. The maximum Gasteiger partial charge on any atom is 0.303 e. The fourth-order valence-corrected chi connectivity index (χ4v) is 13.1. The van der Waals surface area contributed by atoms with E-state index in [1.54, 1.807) is 13.0 Å². The molecule has 7 fully saturated rings. The lowest BCUT2D eigenvalue weighted by Gasteiger charge is -2.60. The van der Waals surface area contributed by atoms with E-state index in [4.69, 9.17) is 18.9 Å². The first-order valence-electron chi connectivity index (χ1n) is 20.2. The van der Waals surface area contributed by atoms with Gasteiger partial charge in [0.2, 0.25) is 5.91 Å². The topological polar surface area (TPSA) is 94.5 Å². The third-order valence-corrected chi connectivity index (χ3v) is 15.7. The highest BCUT2D eigenvalue weighted by Crippen LogP contribution is 2.87. The highest BCUT2D eigenvalue weighted by Gasteiger charge is 2.80. The first kappa shape index (κ1) is 38.3. The Hall–Kier alpha value is -1.48. The zero-order chi connectivity index (χ0) is 36.4. The third kappa shape index (κ3) is 6.12. The number of fused-ring (bicyclic) bond motifs is 4. The first-order chi connectivity index (χ1) is 23.5. The molecular formula is C42H71NO7. The molecule has 1 N–H and O–H groups in total. The maximum absolute atomic E-state index is 12.7. The molecule has 0 aromatic rings. The first-order valence-corrected chi connectivity index (χ1v) is 20.2. The van der Waals surface area contributed by atoms with Crippen molar-refractivity contribution in [1.82, 2.24) is 4.90 Å². The molecule has 5 aliphatic carbocycles. The minimum absolute atomic E-state index is 0. The summed E-state index contributed by atoms with van der Waals surface area (Å²) in [6.07, 6.45) is 13.3. The third-order valence-electron chi connectivity index (χ3n) is 15.7. The number of morpholine rings is 1. The van der Waals surface area contributed by atoms with E-state index in [2.05, 4.69) is 27.4 Å². The Labute approximate surface area is 304 Å². The second-order valence-electron chi connectivity index (χ2n) is 18.8. The monoisotopic (exact) mass is 702 g/mol. The standard InChI is InChI=1S/C39H63NO7.C3H6.H2/c1-9-37(8,43)33(45-24(4)41)28-12-10-26-29(46-28)20-27-25-11-13-30-35(5,6)31(47-32-21-40(18-19-44-32)34(42)23(2)3)14-15-39(30)22-38(25,39)17-16-36(26,27)7;1-3-2;/h23,25-33,43H,9-22H2,1-8H3;3H,1H2,2H3;1H/t25?,26?,27?,28?,29?,30?,31-,32?,33-,36?,37?,38?,39?;;/m0../s1. The number of esters is 1. The van der Waals surface area contributed by atoms with Gasteiger partial charge >= 0.3 is 5.97 Å². The zero-order valence-electron chi connectivity index (χ0n) is 32.8. The van der Waals surface area contributed by atoms with Crippen molar-refractivity contribution in [3.8, 4) is 0 Å². The van der Waals surface area contributed by atoms with Crippen molar-refractivity contribution in [3.63, 3.8) is 0 Å². The average molecular weight is 702 g/mol. The maximum atomic E-state index is 12.7. The largest absolute Gasteiger partial charge is 0.457 e. The van der Waals surface area contributed by atoms with Crippen molar-refractivity contribution >= 4 is 11.9 Å². The van der Waals surface area contributed by atoms with Crippen molar-refractivity contribution < 1.29 is 35.1 Å². The Morgan fingerprint density at radius 1 is 1.06 bits per heavy atom. The molecular weight excluding hydrogens is 630 g/mol. The van der Waals surface area contributed by atoms with Crippen LogP contribution in [0, 0.1) is 51.2 Å². The molecule has 8 heteroatoms. The number of carbonyl (C=O) groups excluding carboxylic acids is 2. The van der Waals surface area contributed by atoms with Gasteiger partial charge < -0.3 is 29.0 Å². The van der Waals surface area contributed by atoms with E-state index in [1.807, 2.05) is 32.6 Å². The normalized spacial score (nSPS) is 44.4. The quantitative estimate of drug-likeness (QED) is 0.213. The van der Waals surface area contributed by atoms with Crippen molar-refractivity contribution in [2.75, 3.05) is 19.7 Å². The molecule has 11 unspecified atom stereocenters. The van der Waals surface area contributed by atoms with Crippen LogP contribution >= 0.6 is 0 Å². The summed E-state index contributed by atoms with van der Waals surface area (Å²) in [6.45, 7) is 23.6. The number of hydrogen-bond donors (Lipinski definition) is 1. The molecule has 286 valence electrons. The highest BCUT2D eigenvalue weighted by molar-refractivity contribution is 5.78. The minimum atomic E-state index is -1.11. The van der Waals surface area contributed by atoms with E-state index in [1.165, 1.54) is 45.4 Å². The average Bonchev–Trinajstić information content (AvgIpc) is 3.64. The number of ether oxygens (including phenoxy) is 4. The van der Waals surface area contributed by atoms with Gasteiger partial charge in [-0.1, -0.05) is 47.6 Å². The zero-order valence-corrected chi connectivity index (χ0v) is 32.8. The van der Waals surface area contributed by atoms with Gasteiger partial charge in [0.15, 0.2) is 12.4 Å². The summed E-state index contributed by atoms with van der Waals surface area (Å²) in [4.78, 5) is 26.7. The van der Waals surface area contributed by atoms with Crippen LogP contribution in [0.2, 0.25) is 0 Å². The lowest BCUT2D eigenvalue weighted by Crippen LogP contribution is -2.56. The Balaban J connectivity index is 0.00000122. The number of aliphatic hydroxyl groups is 1. The highest BCUT2D eigenvalue weighted by atomic mass is 16.7. The van der Waals surface area contributed by atoms with Crippen LogP contribution in [0.5, 0.6) is 0 Å². The Morgan fingerprint density at radius 2 is 1.76 bits per heavy atom. The number of hydrogen-bond acceptors (Lipinski definition) is 7. The fraction of sp³-hybridized carbons (Fsp3) is 0.905. The molecule has 0 aromatic carbocycles. The van der Waals surface area contributed by atoms with E-state index in [0.717, 1.165) is 31.6 Å². The van der Waals surface area contributed by atoms with Gasteiger partial charge in [0.25, 0.3) is 0 Å². The molecule has 0 aromatic heterocycles. The molecule has 2 aliphatic heterocycles. The Bertz CT molecular complexity index is 1290. The molecule has 7 rings (SSSR count). The number of carbonyl (C=O) groups is 2. The Morgan fingerprint density at radius 3 is 2.42 bits per heavy atom. The molecule has 2 saturated heterocycles. The summed E-state index contributed by atoms with van der Waals surface area (Å²) in [6, 6.07) is 0. The molecule has 2 heterocycles. The predicted molar refractivity (Wildman–Crippen MR) is 196 cm³/mol. The molecule has 50 heavy (non-hydrogen) atoms. The van der Waals surface area contributed by atoms with E-state index in [0.29, 0.717) is 60.1 Å². The predicted octanol–water partition coefficient (Wildman–Crippen LogP) is 7.95. The molecule has 0 bridgehead atoms. The summed E-state index contributed by atoms with van der Waals surface area (Å²) < 4.78 is 25.6. The Kier molecular flexibility index (Phi) is 10.5. The fourth-order valence-electron chi connectivity index (χ4n) is 13.1. The van der Waals surface area contributed by atoms with Gasteiger partial charge in [-0.05, 0) is 130 Å². The van der Waals surface area contributed by atoms with Crippen molar-refractivity contribution in [1.29, 1.82) is 0 Å². The molecule has 8 nitrogen and oxygen atoms in total. The van der Waals surface area contributed by atoms with E-state index < -0.39 is 11.7 Å². The number of rotatable bonds is 7. The van der Waals surface area contributed by atoms with Crippen molar-refractivity contribution in [2.24, 2.45) is 51.2 Å². The van der Waals surface area contributed by atoms with Gasteiger partial charge in [0.1, 0.15) is 5.60 Å². The second kappa shape index (κ2) is 13.7. The second-order valence-corrected chi connectivity index (χ2v) is 18.8. The van der Waals surface area contributed by atoms with Crippen LogP contribution in [-0.4, -0.2) is 77.9 Å². The number of amides is 1. The van der Waals surface area contributed by atoms with Crippen LogP contribution in [0.25, 0.3) is 0 Å². The molecule has 13 atom stereocenters. The lowest BCUT2D eigenvalue weighted by molar-refractivity contribution is -0.244. The lowest BCUT2D eigenvalue weighted by atomic mass is 9.46. The van der Waals surface area contributed by atoms with Crippen molar-refractivity contribution in [3.05, 3.63) is 12.7 Å². The van der Waals surface area contributed by atoms with Crippen molar-refractivity contribution in [2.45, 2.75) is 169 Å².